The van der Waals surface area contributed by atoms with Crippen molar-refractivity contribution in [3.63, 3.8) is 0 Å². The highest BCUT2D eigenvalue weighted by Crippen LogP contribution is 2.56. The third kappa shape index (κ3) is 4.73. The number of nitrogens with zero attached hydrogens (tertiary/aromatic N) is 1. The average Bonchev–Trinajstić information content (AvgIpc) is 2.96. The highest BCUT2D eigenvalue weighted by Gasteiger charge is 2.67. The van der Waals surface area contributed by atoms with Gasteiger partial charge < -0.3 is 18.6 Å². The van der Waals surface area contributed by atoms with Gasteiger partial charge in [-0.1, -0.05) is 30.4 Å². The van der Waals surface area contributed by atoms with Gasteiger partial charge in [0.05, 0.1) is 36.4 Å². The molecule has 0 unspecified atom stereocenters. The summed E-state index contributed by atoms with van der Waals surface area (Å²) < 4.78 is 23.5. The minimum atomic E-state index is -0.788. The van der Waals surface area contributed by atoms with Gasteiger partial charge in [0.15, 0.2) is 5.78 Å². The number of allylic oxidation sites excluding steroid dienone is 4. The van der Waals surface area contributed by atoms with Crippen molar-refractivity contribution in [3.8, 4) is 5.75 Å². The molecule has 2 saturated heterocycles. The molecule has 36 heavy (non-hydrogen) atoms. The summed E-state index contributed by atoms with van der Waals surface area (Å²) in [5, 5.41) is 0. The van der Waals surface area contributed by atoms with E-state index in [1.165, 1.54) is 13.2 Å². The van der Waals surface area contributed by atoms with Gasteiger partial charge in [-0.3, -0.25) is 9.78 Å². The summed E-state index contributed by atoms with van der Waals surface area (Å²) in [4.78, 5) is 29.3. The van der Waals surface area contributed by atoms with E-state index in [2.05, 4.69) is 4.98 Å². The van der Waals surface area contributed by atoms with Crippen LogP contribution >= 0.6 is 0 Å². The molecular formula is C29H33NO6. The van der Waals surface area contributed by atoms with E-state index in [-0.39, 0.29) is 11.9 Å². The lowest BCUT2D eigenvalue weighted by atomic mass is 9.67. The topological polar surface area (TPSA) is 87.9 Å². The van der Waals surface area contributed by atoms with Crippen molar-refractivity contribution in [3.05, 3.63) is 88.3 Å². The first-order chi connectivity index (χ1) is 17.0. The quantitative estimate of drug-likeness (QED) is 0.394. The zero-order valence-corrected chi connectivity index (χ0v) is 21.6. The Kier molecular flexibility index (Phi) is 6.90. The molecule has 2 aromatic heterocycles. The van der Waals surface area contributed by atoms with E-state index in [0.29, 0.717) is 23.5 Å². The van der Waals surface area contributed by atoms with Crippen molar-refractivity contribution in [1.82, 2.24) is 4.98 Å². The van der Waals surface area contributed by atoms with Gasteiger partial charge in [0.25, 0.3) is 0 Å². The van der Waals surface area contributed by atoms with Crippen molar-refractivity contribution in [2.45, 2.75) is 63.9 Å². The lowest BCUT2D eigenvalue weighted by Gasteiger charge is -2.49. The molecule has 5 atom stereocenters. The lowest BCUT2D eigenvalue weighted by molar-refractivity contribution is -0.170. The maximum absolute atomic E-state index is 13.5. The second-order valence-electron chi connectivity index (χ2n) is 10.1. The first-order valence-electron chi connectivity index (χ1n) is 12.0. The fourth-order valence-corrected chi connectivity index (χ4v) is 5.71. The lowest BCUT2D eigenvalue weighted by Crippen LogP contribution is -2.60. The molecular weight excluding hydrogens is 458 g/mol. The number of hydrogen-bond acceptors (Lipinski definition) is 7. The van der Waals surface area contributed by atoms with Crippen LogP contribution in [0.2, 0.25) is 0 Å². The summed E-state index contributed by atoms with van der Waals surface area (Å²) in [6, 6.07) is 4.88. The number of ketones is 1. The predicted molar refractivity (Wildman–Crippen MR) is 137 cm³/mol. The molecule has 2 aliphatic rings. The third-order valence-electron chi connectivity index (χ3n) is 7.25. The molecule has 4 rings (SSSR count). The number of carbonyl (C=O) groups is 1. The number of fused-ring (bicyclic) bond motifs is 2. The summed E-state index contributed by atoms with van der Waals surface area (Å²) in [6.07, 6.45) is 14.7. The first-order valence-corrected chi connectivity index (χ1v) is 12.0. The fraction of sp³-hybridized carbons (Fsp3) is 0.414. The summed E-state index contributed by atoms with van der Waals surface area (Å²) in [7, 11) is 1.52. The molecule has 0 saturated carbocycles. The molecule has 7 heteroatoms. The van der Waals surface area contributed by atoms with Crippen molar-refractivity contribution < 1.29 is 23.4 Å². The Bertz CT molecular complexity index is 1280. The van der Waals surface area contributed by atoms with Crippen LogP contribution in [-0.4, -0.2) is 40.8 Å². The number of rotatable bonds is 7. The van der Waals surface area contributed by atoms with E-state index in [4.69, 9.17) is 18.6 Å². The Morgan fingerprint density at radius 3 is 2.61 bits per heavy atom. The summed E-state index contributed by atoms with van der Waals surface area (Å²) >= 11 is 0. The number of ether oxygens (including phenoxy) is 3. The number of Topliss-reactive ketones (excluding diaryl/α,β-unsaturated/α-hetero) is 1. The number of aromatic nitrogens is 1. The number of methoxy groups -OCH3 is 1. The van der Waals surface area contributed by atoms with Gasteiger partial charge in [-0.05, 0) is 52.8 Å². The smallest absolute Gasteiger partial charge is 0.339 e. The van der Waals surface area contributed by atoms with Crippen LogP contribution in [0.25, 0.3) is 6.08 Å². The predicted octanol–water partition coefficient (Wildman–Crippen LogP) is 5.09. The van der Waals surface area contributed by atoms with Crippen LogP contribution in [0.15, 0.2) is 70.2 Å². The monoisotopic (exact) mass is 491 g/mol. The molecule has 190 valence electrons. The van der Waals surface area contributed by atoms with Gasteiger partial charge in [-0.2, -0.15) is 0 Å². The third-order valence-corrected chi connectivity index (χ3v) is 7.25. The second kappa shape index (κ2) is 9.64. The number of carbonyl (C=O) groups excluding carboxylic acids is 1. The molecule has 7 nitrogen and oxygen atoms in total. The van der Waals surface area contributed by atoms with E-state index in [9.17, 15) is 9.59 Å². The molecule has 0 N–H and O–H groups in total. The standard InChI is InChI=1S/C29H33NO6/c1-19-22(34-24(31)16-23(19)33-6)13-9-7-8-10-14-27(3)18-28(4)26(29(5,36-27)20(2)35-28)25(32)21-12-11-15-30-17-21/h7-17,20,26H,18H2,1-6H3/b8-7+,13-9+,14-10+/t20-,26+,27+,28+,29+/m1/s1. The summed E-state index contributed by atoms with van der Waals surface area (Å²) in [6.45, 7) is 9.79. The van der Waals surface area contributed by atoms with Crippen LogP contribution < -0.4 is 10.4 Å². The molecule has 2 bridgehead atoms. The average molecular weight is 492 g/mol. The van der Waals surface area contributed by atoms with Crippen LogP contribution in [0, 0.1) is 12.8 Å². The largest absolute Gasteiger partial charge is 0.496 e. The molecule has 0 radical (unpaired) electrons. The number of pyridine rings is 1. The molecule has 2 aliphatic heterocycles. The molecule has 0 spiro atoms. The fourth-order valence-electron chi connectivity index (χ4n) is 5.71. The molecule has 0 aromatic carbocycles. The van der Waals surface area contributed by atoms with Crippen molar-refractivity contribution >= 4 is 11.9 Å². The Morgan fingerprint density at radius 1 is 1.19 bits per heavy atom. The molecule has 0 aliphatic carbocycles. The molecule has 2 aromatic rings. The van der Waals surface area contributed by atoms with Gasteiger partial charge in [0.1, 0.15) is 17.1 Å². The minimum absolute atomic E-state index is 0.00648. The zero-order chi connectivity index (χ0) is 26.1. The van der Waals surface area contributed by atoms with E-state index >= 15 is 0 Å². The normalized spacial score (nSPS) is 32.1. The van der Waals surface area contributed by atoms with E-state index in [1.807, 2.05) is 58.9 Å². The molecule has 2 fully saturated rings. The van der Waals surface area contributed by atoms with Crippen LogP contribution in [0.1, 0.15) is 55.8 Å². The van der Waals surface area contributed by atoms with Gasteiger partial charge in [0, 0.05) is 29.9 Å². The van der Waals surface area contributed by atoms with E-state index in [1.54, 1.807) is 36.7 Å². The maximum atomic E-state index is 13.5. The SMILES string of the molecule is COc1cc(=O)oc(/C=C/C=C/C=C/[C@@]2(C)C[C@]3(C)O[C@H](C)[C@](C)(O2)[C@H]3C(=O)c2cccnc2)c1C. The van der Waals surface area contributed by atoms with Gasteiger partial charge >= 0.3 is 5.63 Å². The van der Waals surface area contributed by atoms with Gasteiger partial charge in [-0.15, -0.1) is 0 Å². The van der Waals surface area contributed by atoms with Crippen molar-refractivity contribution in [1.29, 1.82) is 0 Å². The van der Waals surface area contributed by atoms with Crippen molar-refractivity contribution in [2.75, 3.05) is 7.11 Å². The highest BCUT2D eigenvalue weighted by molar-refractivity contribution is 5.99. The maximum Gasteiger partial charge on any atom is 0.339 e. The minimum Gasteiger partial charge on any atom is -0.496 e. The zero-order valence-electron chi connectivity index (χ0n) is 21.6. The first kappa shape index (κ1) is 25.8. The second-order valence-corrected chi connectivity index (χ2v) is 10.1. The van der Waals surface area contributed by atoms with Crippen LogP contribution in [0.4, 0.5) is 0 Å². The van der Waals surface area contributed by atoms with Crippen molar-refractivity contribution in [2.24, 2.45) is 5.92 Å². The Hall–Kier alpha value is -3.29. The number of hydrogen-bond donors (Lipinski definition) is 0. The Morgan fingerprint density at radius 2 is 1.94 bits per heavy atom. The molecule has 0 amide bonds. The molecule has 4 heterocycles. The van der Waals surface area contributed by atoms with Gasteiger partial charge in [-0.25, -0.2) is 4.79 Å². The van der Waals surface area contributed by atoms with E-state index < -0.39 is 28.3 Å². The Labute approximate surface area is 211 Å². The van der Waals surface area contributed by atoms with Crippen LogP contribution in [0.3, 0.4) is 0 Å². The Balaban J connectivity index is 1.50. The van der Waals surface area contributed by atoms with E-state index in [0.717, 1.165) is 5.56 Å². The van der Waals surface area contributed by atoms with Crippen LogP contribution in [0.5, 0.6) is 5.75 Å². The highest BCUT2D eigenvalue weighted by atomic mass is 16.6. The summed E-state index contributed by atoms with van der Waals surface area (Å²) in [5.41, 5.74) is -1.23. The van der Waals surface area contributed by atoms with Crippen LogP contribution in [-0.2, 0) is 9.47 Å². The summed E-state index contributed by atoms with van der Waals surface area (Å²) in [5.74, 6) is 0.492. The van der Waals surface area contributed by atoms with Gasteiger partial charge in [0.2, 0.25) is 0 Å².